The van der Waals surface area contributed by atoms with Crippen LogP contribution in [0.3, 0.4) is 0 Å². The molecule has 1 heterocycles. The van der Waals surface area contributed by atoms with Crippen molar-refractivity contribution in [2.75, 3.05) is 13.1 Å². The second-order valence-electron chi connectivity index (χ2n) is 11.7. The van der Waals surface area contributed by atoms with Crippen molar-refractivity contribution >= 4 is 17.5 Å². The molecule has 0 aliphatic carbocycles. The normalized spacial score (nSPS) is 21.4. The molecule has 37 heavy (non-hydrogen) atoms. The van der Waals surface area contributed by atoms with Gasteiger partial charge in [-0.1, -0.05) is 54.6 Å². The van der Waals surface area contributed by atoms with Gasteiger partial charge in [0.05, 0.1) is 6.04 Å². The maximum absolute atomic E-state index is 13.4. The van der Waals surface area contributed by atoms with Gasteiger partial charge in [0.15, 0.2) is 0 Å². The van der Waals surface area contributed by atoms with E-state index in [1.54, 1.807) is 25.7 Å². The Balaban J connectivity index is 2.07. The first-order chi connectivity index (χ1) is 17.2. The van der Waals surface area contributed by atoms with Crippen LogP contribution in [0.2, 0.25) is 0 Å². The van der Waals surface area contributed by atoms with E-state index in [4.69, 9.17) is 4.74 Å². The summed E-state index contributed by atoms with van der Waals surface area (Å²) in [5, 5.41) is 12.0. The molecule has 1 fully saturated rings. The summed E-state index contributed by atoms with van der Waals surface area (Å²) in [6.45, 7) is 10.8. The van der Waals surface area contributed by atoms with Crippen molar-refractivity contribution in [1.82, 2.24) is 9.62 Å². The first-order valence-electron chi connectivity index (χ1n) is 12.7. The van der Waals surface area contributed by atoms with E-state index in [0.717, 1.165) is 16.7 Å². The van der Waals surface area contributed by atoms with E-state index in [1.807, 2.05) is 69.3 Å². The average molecular weight is 530 g/mol. The van der Waals surface area contributed by atoms with Crippen LogP contribution in [0.25, 0.3) is 11.1 Å². The highest BCUT2D eigenvalue weighted by atomic mass is 32.2. The lowest BCUT2D eigenvalue weighted by atomic mass is 9.78. The molecule has 9 heteroatoms. The maximum atomic E-state index is 13.4. The van der Waals surface area contributed by atoms with Crippen LogP contribution in [-0.2, 0) is 22.5 Å². The van der Waals surface area contributed by atoms with Crippen molar-refractivity contribution in [3.63, 3.8) is 0 Å². The summed E-state index contributed by atoms with van der Waals surface area (Å²) < 4.78 is 21.5. The number of carbonyl (C=O) groups excluding carboxylic acids is 1. The molecule has 0 radical (unpaired) electrons. The van der Waals surface area contributed by atoms with Gasteiger partial charge in [0.1, 0.15) is 15.9 Å². The van der Waals surface area contributed by atoms with Gasteiger partial charge >= 0.3 is 6.09 Å². The van der Waals surface area contributed by atoms with E-state index >= 15 is 0 Å². The van der Waals surface area contributed by atoms with Gasteiger partial charge in [0.25, 0.3) is 0 Å². The molecule has 0 bridgehead atoms. The van der Waals surface area contributed by atoms with Gasteiger partial charge in [0, 0.05) is 22.8 Å². The summed E-state index contributed by atoms with van der Waals surface area (Å²) in [5.74, 6) is 0. The summed E-state index contributed by atoms with van der Waals surface area (Å²) >= 11 is -1.58. The number of piperidine rings is 1. The van der Waals surface area contributed by atoms with Crippen molar-refractivity contribution in [1.29, 1.82) is 0 Å². The number of hydrogen-bond donors (Lipinski definition) is 1. The molecule has 2 aromatic carbocycles. The fraction of sp³-hybridized carbons (Fsp3) is 0.536. The van der Waals surface area contributed by atoms with Gasteiger partial charge in [-0.05, 0) is 77.5 Å². The SMILES string of the molecule is CC(C)(C)OC(=O)N1CCC[C@](C[N+](=O)[O-])(N[S+]([O-])C(C)(C)C)[C@H]1Cc1cccc(-c2ccccc2)c1. The summed E-state index contributed by atoms with van der Waals surface area (Å²) in [5.41, 5.74) is 1.08. The summed E-state index contributed by atoms with van der Waals surface area (Å²) in [4.78, 5) is 26.6. The maximum Gasteiger partial charge on any atom is 0.410 e. The van der Waals surface area contributed by atoms with E-state index in [1.165, 1.54) is 0 Å². The zero-order valence-corrected chi connectivity index (χ0v) is 23.5. The van der Waals surface area contributed by atoms with Gasteiger partial charge in [0.2, 0.25) is 6.54 Å². The van der Waals surface area contributed by atoms with E-state index in [-0.39, 0.29) is 4.92 Å². The van der Waals surface area contributed by atoms with Gasteiger partial charge in [-0.3, -0.25) is 10.1 Å². The third kappa shape index (κ3) is 7.69. The smallest absolute Gasteiger partial charge is 0.410 e. The minimum absolute atomic E-state index is 0.349. The molecule has 3 rings (SSSR count). The molecule has 1 unspecified atom stereocenters. The summed E-state index contributed by atoms with van der Waals surface area (Å²) in [6.07, 6.45) is 0.773. The van der Waals surface area contributed by atoms with Crippen LogP contribution in [0.15, 0.2) is 54.6 Å². The minimum atomic E-state index is -1.58. The van der Waals surface area contributed by atoms with Gasteiger partial charge in [-0.25, -0.2) is 4.79 Å². The molecular weight excluding hydrogens is 490 g/mol. The molecule has 8 nitrogen and oxygen atoms in total. The number of ether oxygens (including phenoxy) is 1. The Morgan fingerprint density at radius 1 is 1.11 bits per heavy atom. The van der Waals surface area contributed by atoms with E-state index in [0.29, 0.717) is 25.8 Å². The molecule has 0 saturated carbocycles. The molecular formula is C28H39N3O5S. The predicted octanol–water partition coefficient (Wildman–Crippen LogP) is 5.36. The second kappa shape index (κ2) is 11.4. The Morgan fingerprint density at radius 2 is 1.76 bits per heavy atom. The lowest BCUT2D eigenvalue weighted by Gasteiger charge is -2.48. The molecule has 1 N–H and O–H groups in total. The first kappa shape index (κ1) is 28.9. The lowest BCUT2D eigenvalue weighted by molar-refractivity contribution is -0.492. The Kier molecular flexibility index (Phi) is 8.93. The Bertz CT molecular complexity index is 1080. The molecule has 3 atom stereocenters. The van der Waals surface area contributed by atoms with Crippen LogP contribution in [0.1, 0.15) is 59.9 Å². The van der Waals surface area contributed by atoms with Gasteiger partial charge in [-0.15, -0.1) is 4.72 Å². The number of nitrogens with one attached hydrogen (secondary N) is 1. The number of nitro groups is 1. The quantitative estimate of drug-likeness (QED) is 0.294. The van der Waals surface area contributed by atoms with E-state index in [2.05, 4.69) is 10.8 Å². The van der Waals surface area contributed by atoms with Crippen molar-refractivity contribution in [3.05, 3.63) is 70.3 Å². The zero-order chi connectivity index (χ0) is 27.4. The number of benzene rings is 2. The number of rotatable bonds is 7. The zero-order valence-electron chi connectivity index (χ0n) is 22.7. The number of nitrogens with zero attached hydrogens (tertiary/aromatic N) is 2. The van der Waals surface area contributed by atoms with Crippen molar-refractivity contribution < 1.29 is 19.0 Å². The van der Waals surface area contributed by atoms with Crippen LogP contribution in [0.5, 0.6) is 0 Å². The summed E-state index contributed by atoms with van der Waals surface area (Å²) in [7, 11) is 0. The topological polar surface area (TPSA) is 108 Å². The fourth-order valence-electron chi connectivity index (χ4n) is 4.67. The van der Waals surface area contributed by atoms with Gasteiger partial charge < -0.3 is 14.2 Å². The van der Waals surface area contributed by atoms with Crippen LogP contribution >= 0.6 is 0 Å². The van der Waals surface area contributed by atoms with E-state index < -0.39 is 45.9 Å². The number of amides is 1. The lowest BCUT2D eigenvalue weighted by Crippen LogP contribution is -2.70. The Hall–Kier alpha value is -2.62. The van der Waals surface area contributed by atoms with Crippen LogP contribution in [0.4, 0.5) is 4.79 Å². The van der Waals surface area contributed by atoms with Crippen molar-refractivity contribution in [2.24, 2.45) is 0 Å². The van der Waals surface area contributed by atoms with Gasteiger partial charge in [-0.2, -0.15) is 0 Å². The molecule has 1 saturated heterocycles. The predicted molar refractivity (Wildman–Crippen MR) is 147 cm³/mol. The second-order valence-corrected chi connectivity index (χ2v) is 13.7. The van der Waals surface area contributed by atoms with Crippen LogP contribution in [0, 0.1) is 10.1 Å². The highest BCUT2D eigenvalue weighted by Crippen LogP contribution is 2.35. The number of hydrogen-bond acceptors (Lipinski definition) is 6. The molecule has 0 aromatic heterocycles. The highest BCUT2D eigenvalue weighted by molar-refractivity contribution is 7.90. The number of likely N-dealkylation sites (tertiary alicyclic amines) is 1. The molecule has 0 spiro atoms. The third-order valence-electron chi connectivity index (χ3n) is 6.39. The first-order valence-corrected chi connectivity index (χ1v) is 13.8. The summed E-state index contributed by atoms with van der Waals surface area (Å²) in [6, 6.07) is 17.3. The van der Waals surface area contributed by atoms with Crippen molar-refractivity contribution in [3.8, 4) is 11.1 Å². The minimum Gasteiger partial charge on any atom is -0.598 e. The van der Waals surface area contributed by atoms with Crippen LogP contribution in [-0.4, -0.2) is 55.5 Å². The van der Waals surface area contributed by atoms with Crippen molar-refractivity contribution in [2.45, 2.75) is 82.7 Å². The highest BCUT2D eigenvalue weighted by Gasteiger charge is 2.54. The fourth-order valence-corrected chi connectivity index (χ4v) is 5.64. The molecule has 2 aromatic rings. The van der Waals surface area contributed by atoms with Crippen LogP contribution < -0.4 is 4.72 Å². The Labute approximate surface area is 223 Å². The molecule has 1 amide bonds. The molecule has 202 valence electrons. The molecule has 1 aliphatic rings. The third-order valence-corrected chi connectivity index (χ3v) is 8.09. The average Bonchev–Trinajstić information content (AvgIpc) is 2.79. The monoisotopic (exact) mass is 529 g/mol. The van der Waals surface area contributed by atoms with E-state index in [9.17, 15) is 19.5 Å². The molecule has 1 aliphatic heterocycles. The number of carbonyl (C=O) groups is 1. The standard InChI is InChI=1S/C28H39N3O5S/c1-26(2,3)36-25(32)30-17-11-16-28(20-31(33)34,29-37(35)27(4,5)6)24(30)19-21-12-10-15-23(18-21)22-13-8-7-9-14-22/h7-10,12-15,18,24,29H,11,16-17,19-20H2,1-6H3/t24-,28-,37?/m1/s1. The Morgan fingerprint density at radius 3 is 2.35 bits per heavy atom. The largest absolute Gasteiger partial charge is 0.598 e.